The Bertz CT molecular complexity index is 318. The number of hydrogen-bond acceptors (Lipinski definition) is 6. The molecule has 0 aromatic rings. The highest BCUT2D eigenvalue weighted by atomic mass is 32.2. The first-order valence-corrected chi connectivity index (χ1v) is 6.14. The van der Waals surface area contributed by atoms with Crippen LogP contribution in [0.15, 0.2) is 0 Å². The van der Waals surface area contributed by atoms with Crippen molar-refractivity contribution in [2.45, 2.75) is 13.0 Å². The molecule has 1 saturated heterocycles. The number of ether oxygens (including phenoxy) is 2. The van der Waals surface area contributed by atoms with Crippen LogP contribution >= 0.6 is 0 Å². The van der Waals surface area contributed by atoms with Gasteiger partial charge in [0.15, 0.2) is 6.10 Å². The second-order valence-corrected chi connectivity index (χ2v) is 5.07. The Kier molecular flexibility index (Phi) is 4.06. The van der Waals surface area contributed by atoms with Gasteiger partial charge in [-0.15, -0.1) is 0 Å². The van der Waals surface area contributed by atoms with Gasteiger partial charge in [-0.3, -0.25) is 4.18 Å². The zero-order valence-electron chi connectivity index (χ0n) is 8.63. The van der Waals surface area contributed by atoms with Crippen LogP contribution in [0.4, 0.5) is 0 Å². The second kappa shape index (κ2) is 4.91. The van der Waals surface area contributed by atoms with E-state index in [0.29, 0.717) is 13.2 Å². The molecule has 1 aliphatic heterocycles. The van der Waals surface area contributed by atoms with E-state index in [-0.39, 0.29) is 11.7 Å². The minimum atomic E-state index is -3.65. The topological polar surface area (TPSA) is 78.9 Å². The van der Waals surface area contributed by atoms with Gasteiger partial charge in [-0.25, -0.2) is 4.79 Å². The smallest absolute Gasteiger partial charge is 0.337 e. The summed E-state index contributed by atoms with van der Waals surface area (Å²) in [6.45, 7) is 2.08. The molecule has 6 nitrogen and oxygen atoms in total. The Morgan fingerprint density at radius 3 is 2.47 bits per heavy atom. The van der Waals surface area contributed by atoms with Crippen molar-refractivity contribution in [3.05, 3.63) is 0 Å². The maximum absolute atomic E-state index is 11.3. The Hall–Kier alpha value is -0.660. The SMILES string of the molecule is CCS(=O)(=O)OC(C(=O)OC)C1COC1. The van der Waals surface area contributed by atoms with E-state index >= 15 is 0 Å². The van der Waals surface area contributed by atoms with Crippen molar-refractivity contribution >= 4 is 16.1 Å². The fourth-order valence-electron chi connectivity index (χ4n) is 1.08. The quantitative estimate of drug-likeness (QED) is 0.476. The molecule has 0 amide bonds. The third kappa shape index (κ3) is 3.15. The van der Waals surface area contributed by atoms with Gasteiger partial charge >= 0.3 is 5.97 Å². The fraction of sp³-hybridized carbons (Fsp3) is 0.875. The molecule has 7 heteroatoms. The molecule has 15 heavy (non-hydrogen) atoms. The monoisotopic (exact) mass is 238 g/mol. The molecule has 0 bridgehead atoms. The lowest BCUT2D eigenvalue weighted by Gasteiger charge is -2.30. The van der Waals surface area contributed by atoms with E-state index in [2.05, 4.69) is 4.74 Å². The summed E-state index contributed by atoms with van der Waals surface area (Å²) in [6, 6.07) is 0. The molecule has 1 aliphatic rings. The molecule has 0 aliphatic carbocycles. The van der Waals surface area contributed by atoms with Crippen LogP contribution in [-0.4, -0.2) is 46.6 Å². The third-order valence-electron chi connectivity index (χ3n) is 2.13. The average Bonchev–Trinajstić information content (AvgIpc) is 2.12. The summed E-state index contributed by atoms with van der Waals surface area (Å²) < 4.78 is 36.5. The lowest BCUT2D eigenvalue weighted by Crippen LogP contribution is -2.45. The molecule has 1 fully saturated rings. The van der Waals surface area contributed by atoms with E-state index in [0.717, 1.165) is 0 Å². The number of rotatable bonds is 5. The van der Waals surface area contributed by atoms with E-state index in [1.54, 1.807) is 0 Å². The zero-order chi connectivity index (χ0) is 11.5. The molecular formula is C8H14O6S. The number of methoxy groups -OCH3 is 1. The Morgan fingerprint density at radius 2 is 2.13 bits per heavy atom. The van der Waals surface area contributed by atoms with Crippen molar-refractivity contribution in [3.8, 4) is 0 Å². The molecule has 1 atom stereocenters. The van der Waals surface area contributed by atoms with Crippen molar-refractivity contribution in [1.82, 2.24) is 0 Å². The minimum absolute atomic E-state index is 0.173. The molecule has 0 aromatic heterocycles. The van der Waals surface area contributed by atoms with Gasteiger partial charge in [0, 0.05) is 5.92 Å². The molecule has 0 radical (unpaired) electrons. The first-order valence-electron chi connectivity index (χ1n) is 4.56. The predicted molar refractivity (Wildman–Crippen MR) is 50.7 cm³/mol. The van der Waals surface area contributed by atoms with Crippen LogP contribution in [0, 0.1) is 5.92 Å². The van der Waals surface area contributed by atoms with Gasteiger partial charge in [-0.2, -0.15) is 8.42 Å². The van der Waals surface area contributed by atoms with Gasteiger partial charge in [0.05, 0.1) is 26.1 Å². The summed E-state index contributed by atoms with van der Waals surface area (Å²) in [5, 5.41) is 0. The molecule has 1 rings (SSSR count). The molecule has 0 aromatic carbocycles. The summed E-state index contributed by atoms with van der Waals surface area (Å²) in [6.07, 6.45) is -1.08. The maximum Gasteiger partial charge on any atom is 0.337 e. The second-order valence-electron chi connectivity index (χ2n) is 3.18. The van der Waals surface area contributed by atoms with Gasteiger partial charge in [-0.05, 0) is 6.92 Å². The van der Waals surface area contributed by atoms with E-state index in [4.69, 9.17) is 8.92 Å². The normalized spacial score (nSPS) is 19.3. The Morgan fingerprint density at radius 1 is 1.53 bits per heavy atom. The predicted octanol–water partition coefficient (Wildman–Crippen LogP) is -0.459. The number of hydrogen-bond donors (Lipinski definition) is 0. The summed E-state index contributed by atoms with van der Waals surface area (Å²) >= 11 is 0. The molecule has 1 heterocycles. The maximum atomic E-state index is 11.3. The lowest BCUT2D eigenvalue weighted by atomic mass is 10.0. The van der Waals surface area contributed by atoms with Gasteiger partial charge in [-0.1, -0.05) is 0 Å². The van der Waals surface area contributed by atoms with Crippen LogP contribution in [0.25, 0.3) is 0 Å². The highest BCUT2D eigenvalue weighted by molar-refractivity contribution is 7.86. The van der Waals surface area contributed by atoms with Crippen LogP contribution in [0.5, 0.6) is 0 Å². The summed E-state index contributed by atoms with van der Waals surface area (Å²) in [7, 11) is -2.46. The Labute approximate surface area is 88.6 Å². The average molecular weight is 238 g/mol. The van der Waals surface area contributed by atoms with E-state index in [1.807, 2.05) is 0 Å². The number of esters is 1. The van der Waals surface area contributed by atoms with Gasteiger partial charge in [0.1, 0.15) is 0 Å². The zero-order valence-corrected chi connectivity index (χ0v) is 9.45. The highest BCUT2D eigenvalue weighted by Crippen LogP contribution is 2.20. The van der Waals surface area contributed by atoms with E-state index < -0.39 is 22.2 Å². The van der Waals surface area contributed by atoms with Crippen molar-refractivity contribution in [3.63, 3.8) is 0 Å². The van der Waals surface area contributed by atoms with Gasteiger partial charge in [0.25, 0.3) is 10.1 Å². The van der Waals surface area contributed by atoms with Crippen molar-refractivity contribution in [1.29, 1.82) is 0 Å². The van der Waals surface area contributed by atoms with E-state index in [1.165, 1.54) is 14.0 Å². The van der Waals surface area contributed by atoms with Crippen molar-refractivity contribution in [2.75, 3.05) is 26.1 Å². The van der Waals surface area contributed by atoms with Gasteiger partial charge < -0.3 is 9.47 Å². The standard InChI is InChI=1S/C8H14O6S/c1-3-15(10,11)14-7(8(9)12-2)6-4-13-5-6/h6-7H,3-5H2,1-2H3. The van der Waals surface area contributed by atoms with Crippen LogP contribution < -0.4 is 0 Å². The van der Waals surface area contributed by atoms with Gasteiger partial charge in [0.2, 0.25) is 0 Å². The fourth-order valence-corrected chi connectivity index (χ4v) is 1.77. The van der Waals surface area contributed by atoms with Crippen molar-refractivity contribution < 1.29 is 26.9 Å². The molecular weight excluding hydrogens is 224 g/mol. The first kappa shape index (κ1) is 12.4. The third-order valence-corrected chi connectivity index (χ3v) is 3.34. The lowest BCUT2D eigenvalue weighted by molar-refractivity contribution is -0.161. The summed E-state index contributed by atoms with van der Waals surface area (Å²) in [5.41, 5.74) is 0. The summed E-state index contributed by atoms with van der Waals surface area (Å²) in [5.74, 6) is -1.09. The number of carbonyl (C=O) groups is 1. The Balaban J connectivity index is 2.68. The van der Waals surface area contributed by atoms with Crippen LogP contribution in [-0.2, 0) is 28.6 Å². The number of carbonyl (C=O) groups excluding carboxylic acids is 1. The van der Waals surface area contributed by atoms with Crippen LogP contribution in [0.3, 0.4) is 0 Å². The molecule has 88 valence electrons. The highest BCUT2D eigenvalue weighted by Gasteiger charge is 2.38. The molecule has 1 unspecified atom stereocenters. The minimum Gasteiger partial charge on any atom is -0.467 e. The van der Waals surface area contributed by atoms with E-state index in [9.17, 15) is 13.2 Å². The van der Waals surface area contributed by atoms with Crippen LogP contribution in [0.2, 0.25) is 0 Å². The van der Waals surface area contributed by atoms with Crippen molar-refractivity contribution in [2.24, 2.45) is 5.92 Å². The van der Waals surface area contributed by atoms with Crippen LogP contribution in [0.1, 0.15) is 6.92 Å². The molecule has 0 saturated carbocycles. The first-order chi connectivity index (χ1) is 7.00. The molecule has 0 spiro atoms. The summed E-state index contributed by atoms with van der Waals surface area (Å²) in [4.78, 5) is 11.3. The molecule has 0 N–H and O–H groups in total. The largest absolute Gasteiger partial charge is 0.467 e.